The number of hydrogen-bond acceptors (Lipinski definition) is 11. The summed E-state index contributed by atoms with van der Waals surface area (Å²) in [7, 11) is -4.20. The van der Waals surface area contributed by atoms with Crippen molar-refractivity contribution in [1.29, 1.82) is 0 Å². The van der Waals surface area contributed by atoms with Crippen LogP contribution in [0, 0.1) is 0 Å². The van der Waals surface area contributed by atoms with Gasteiger partial charge in [-0.2, -0.15) is 0 Å². The molecule has 3 atom stereocenters. The van der Waals surface area contributed by atoms with Gasteiger partial charge in [-0.3, -0.25) is 4.72 Å². The molecule has 2 rings (SSSR count). The number of hydrazone groups is 1. The Labute approximate surface area is 174 Å². The lowest BCUT2D eigenvalue weighted by atomic mass is 10.1. The van der Waals surface area contributed by atoms with Crippen molar-refractivity contribution in [3.63, 3.8) is 0 Å². The number of nitrogens with zero attached hydrogens (tertiary/aromatic N) is 1. The largest absolute Gasteiger partial charge is 0.390 e. The third-order valence-electron chi connectivity index (χ3n) is 4.53. The second-order valence-electron chi connectivity index (χ2n) is 6.67. The molecule has 0 bridgehead atoms. The molecule has 1 aliphatic carbocycles. The van der Waals surface area contributed by atoms with Gasteiger partial charge in [0.25, 0.3) is 0 Å². The first-order chi connectivity index (χ1) is 13.7. The van der Waals surface area contributed by atoms with E-state index in [1.807, 2.05) is 0 Å². The van der Waals surface area contributed by atoms with Crippen LogP contribution in [0.5, 0.6) is 0 Å². The van der Waals surface area contributed by atoms with E-state index < -0.39 is 16.1 Å². The average Bonchev–Trinajstić information content (AvgIpc) is 3.06. The number of amidine groups is 1. The van der Waals surface area contributed by atoms with Crippen molar-refractivity contribution in [3.05, 3.63) is 17.7 Å². The fourth-order valence-electron chi connectivity index (χ4n) is 3.09. The zero-order valence-corrected chi connectivity index (χ0v) is 17.5. The Morgan fingerprint density at radius 1 is 1.38 bits per heavy atom. The topological polar surface area (TPSA) is 233 Å². The molecule has 14 heteroatoms. The number of nitrogens with one attached hydrogen (secondary N) is 3. The smallest absolute Gasteiger partial charge is 0.240 e. The molecule has 1 fully saturated rings. The molecule has 1 aromatic carbocycles. The molecule has 2 unspecified atom stereocenters. The van der Waals surface area contributed by atoms with E-state index >= 15 is 0 Å². The van der Waals surface area contributed by atoms with Gasteiger partial charge in [0, 0.05) is 35.8 Å². The Morgan fingerprint density at radius 3 is 2.66 bits per heavy atom. The zero-order chi connectivity index (χ0) is 21.6. The van der Waals surface area contributed by atoms with Crippen molar-refractivity contribution < 1.29 is 13.5 Å². The first-order valence-corrected chi connectivity index (χ1v) is 11.3. The van der Waals surface area contributed by atoms with E-state index in [2.05, 4.69) is 20.7 Å². The van der Waals surface area contributed by atoms with Crippen molar-refractivity contribution in [2.45, 2.75) is 47.2 Å². The lowest BCUT2D eigenvalue weighted by Gasteiger charge is -2.23. The second kappa shape index (κ2) is 10.4. The number of aliphatic hydroxyl groups excluding tert-OH is 1. The van der Waals surface area contributed by atoms with E-state index in [0.29, 0.717) is 5.69 Å². The monoisotopic (exact) mass is 447 g/mol. The fourth-order valence-corrected chi connectivity index (χ4v) is 5.18. The molecule has 12 nitrogen and oxygen atoms in total. The van der Waals surface area contributed by atoms with Gasteiger partial charge in [-0.25, -0.2) is 24.9 Å². The number of hydrazine groups is 1. The lowest BCUT2D eigenvalue weighted by Crippen LogP contribution is -2.36. The number of nitrogens with two attached hydrogens (primary N) is 5. The Morgan fingerprint density at radius 2 is 2.10 bits per heavy atom. The minimum atomic E-state index is -4.20. The summed E-state index contributed by atoms with van der Waals surface area (Å²) < 4.78 is 27.8. The van der Waals surface area contributed by atoms with Crippen LogP contribution in [0.1, 0.15) is 24.8 Å². The maximum Gasteiger partial charge on any atom is 0.240 e. The van der Waals surface area contributed by atoms with Gasteiger partial charge in [-0.05, 0) is 43.3 Å². The first-order valence-electron chi connectivity index (χ1n) is 8.97. The normalized spacial score (nSPS) is 21.2. The Balaban J connectivity index is 2.50. The van der Waals surface area contributed by atoms with E-state index in [9.17, 15) is 13.5 Å². The van der Waals surface area contributed by atoms with Crippen molar-refractivity contribution in [2.24, 2.45) is 33.3 Å². The van der Waals surface area contributed by atoms with Crippen LogP contribution in [0.2, 0.25) is 0 Å². The van der Waals surface area contributed by atoms with E-state index in [1.54, 1.807) is 12.1 Å². The number of primary sulfonamides is 1. The molecule has 0 spiro atoms. The van der Waals surface area contributed by atoms with E-state index in [1.165, 1.54) is 0 Å². The third kappa shape index (κ3) is 6.16. The number of benzene rings is 1. The van der Waals surface area contributed by atoms with Crippen LogP contribution in [-0.4, -0.2) is 50.6 Å². The SMILES string of the molecule is NCC(O)CNSc1ccc(N[C@H]2CCCC2N)c(/C(N)=N/NN)c1S(N)(=O)=O. The number of hydrogen-bond donors (Lipinski definition) is 9. The fraction of sp³-hybridized carbons (Fsp3) is 0.533. The van der Waals surface area contributed by atoms with Gasteiger partial charge in [-0.1, -0.05) is 0 Å². The van der Waals surface area contributed by atoms with Crippen molar-refractivity contribution in [3.8, 4) is 0 Å². The predicted molar refractivity (Wildman–Crippen MR) is 114 cm³/mol. The average molecular weight is 448 g/mol. The van der Waals surface area contributed by atoms with Crippen LogP contribution >= 0.6 is 11.9 Å². The maximum atomic E-state index is 12.4. The highest BCUT2D eigenvalue weighted by Gasteiger charge is 2.29. The first kappa shape index (κ1) is 23.6. The van der Waals surface area contributed by atoms with Crippen LogP contribution in [0.4, 0.5) is 5.69 Å². The van der Waals surface area contributed by atoms with Gasteiger partial charge in [0.2, 0.25) is 10.0 Å². The molecular formula is C15H29N9O3S2. The maximum absolute atomic E-state index is 12.4. The van der Waals surface area contributed by atoms with E-state index in [-0.39, 0.29) is 46.4 Å². The molecule has 0 amide bonds. The Hall–Kier alpha value is -1.65. The lowest BCUT2D eigenvalue weighted by molar-refractivity contribution is 0.188. The summed E-state index contributed by atoms with van der Waals surface area (Å²) in [5.41, 5.74) is 20.1. The minimum absolute atomic E-state index is 0.0444. The molecule has 29 heavy (non-hydrogen) atoms. The van der Waals surface area contributed by atoms with Crippen LogP contribution in [0.15, 0.2) is 27.0 Å². The summed E-state index contributed by atoms with van der Waals surface area (Å²) in [5, 5.41) is 22.1. The van der Waals surface area contributed by atoms with Crippen molar-refractivity contribution >= 4 is 33.5 Å². The van der Waals surface area contributed by atoms with Gasteiger partial charge in [0.05, 0.1) is 11.7 Å². The molecule has 1 aromatic rings. The Kier molecular flexibility index (Phi) is 8.47. The molecule has 0 aliphatic heterocycles. The van der Waals surface area contributed by atoms with Gasteiger partial charge in [0.15, 0.2) is 5.84 Å². The minimum Gasteiger partial charge on any atom is -0.390 e. The summed E-state index contributed by atoms with van der Waals surface area (Å²) in [4.78, 5) is 0.0634. The highest BCUT2D eigenvalue weighted by Crippen LogP contribution is 2.34. The zero-order valence-electron chi connectivity index (χ0n) is 15.8. The van der Waals surface area contributed by atoms with Crippen molar-refractivity contribution in [2.75, 3.05) is 18.4 Å². The molecule has 0 heterocycles. The molecule has 0 aromatic heterocycles. The van der Waals surface area contributed by atoms with E-state index in [4.69, 9.17) is 28.2 Å². The summed E-state index contributed by atoms with van der Waals surface area (Å²) in [6.45, 7) is 0.207. The molecule has 1 aliphatic rings. The standard InChI is InChI=1S/C15H29N9O3S2/c16-6-8(25)7-21-28-12-5-4-11(22-10-3-1-2-9(10)17)13(15(18)23-24-19)14(12)29(20,26)27/h4-5,8-10,21-22,24-25H,1-3,6-7,16-17,19H2,(H2,18,23)(H2,20,26,27)/t8?,9?,10-/m0/s1. The highest BCUT2D eigenvalue weighted by atomic mass is 32.2. The molecule has 14 N–H and O–H groups in total. The van der Waals surface area contributed by atoms with Gasteiger partial charge >= 0.3 is 0 Å². The van der Waals surface area contributed by atoms with Crippen molar-refractivity contribution in [1.82, 2.24) is 10.3 Å². The summed E-state index contributed by atoms with van der Waals surface area (Å²) >= 11 is 0.980. The van der Waals surface area contributed by atoms with Crippen LogP contribution in [0.3, 0.4) is 0 Å². The third-order valence-corrected chi connectivity index (χ3v) is 6.52. The molecular weight excluding hydrogens is 418 g/mol. The molecule has 164 valence electrons. The number of rotatable bonds is 10. The van der Waals surface area contributed by atoms with E-state index in [0.717, 1.165) is 31.2 Å². The predicted octanol–water partition coefficient (Wildman–Crippen LogP) is -2.37. The molecule has 0 saturated heterocycles. The highest BCUT2D eigenvalue weighted by molar-refractivity contribution is 7.98. The number of sulfonamides is 1. The van der Waals surface area contributed by atoms with Crippen LogP contribution in [-0.2, 0) is 10.0 Å². The molecule has 0 radical (unpaired) electrons. The summed E-state index contributed by atoms with van der Waals surface area (Å²) in [6.07, 6.45) is 1.89. The summed E-state index contributed by atoms with van der Waals surface area (Å²) in [5.74, 6) is 5.08. The second-order valence-corrected chi connectivity index (χ2v) is 9.10. The number of aliphatic hydroxyl groups is 1. The molecule has 1 saturated carbocycles. The van der Waals surface area contributed by atoms with Gasteiger partial charge < -0.3 is 27.6 Å². The number of anilines is 1. The quantitative estimate of drug-likeness (QED) is 0.0604. The van der Waals surface area contributed by atoms with Crippen LogP contribution in [0.25, 0.3) is 0 Å². The summed E-state index contributed by atoms with van der Waals surface area (Å²) in [6, 6.07) is 3.15. The van der Waals surface area contributed by atoms with Crippen LogP contribution < -0.4 is 43.8 Å². The Bertz CT molecular complexity index is 835. The van der Waals surface area contributed by atoms with Gasteiger partial charge in [-0.15, -0.1) is 5.10 Å². The van der Waals surface area contributed by atoms with Gasteiger partial charge in [0.1, 0.15) is 4.90 Å².